The molecular formula is C18H21N3O2. The lowest BCUT2D eigenvalue weighted by atomic mass is 10.2. The SMILES string of the molecule is CCOc1ccc(/C=C/c2nc(C#N)c(N[C@H](C)CC)o2)cc1. The van der Waals surface area contributed by atoms with E-state index in [1.807, 2.05) is 50.3 Å². The zero-order valence-corrected chi connectivity index (χ0v) is 13.7. The number of rotatable bonds is 7. The number of aromatic nitrogens is 1. The molecule has 2 aromatic rings. The highest BCUT2D eigenvalue weighted by Gasteiger charge is 2.12. The third kappa shape index (κ3) is 4.62. The molecule has 0 fully saturated rings. The zero-order chi connectivity index (χ0) is 16.7. The maximum atomic E-state index is 9.13. The summed E-state index contributed by atoms with van der Waals surface area (Å²) in [7, 11) is 0. The maximum absolute atomic E-state index is 9.13. The van der Waals surface area contributed by atoms with Crippen molar-refractivity contribution in [1.29, 1.82) is 5.26 Å². The highest BCUT2D eigenvalue weighted by Crippen LogP contribution is 2.20. The van der Waals surface area contributed by atoms with Gasteiger partial charge in [-0.25, -0.2) is 0 Å². The first-order chi connectivity index (χ1) is 11.2. The van der Waals surface area contributed by atoms with E-state index in [4.69, 9.17) is 14.4 Å². The van der Waals surface area contributed by atoms with Crippen molar-refractivity contribution in [1.82, 2.24) is 4.98 Å². The quantitative estimate of drug-likeness (QED) is 0.824. The zero-order valence-electron chi connectivity index (χ0n) is 13.7. The van der Waals surface area contributed by atoms with Crippen LogP contribution in [0.1, 0.15) is 44.3 Å². The van der Waals surface area contributed by atoms with Crippen molar-refractivity contribution in [2.75, 3.05) is 11.9 Å². The van der Waals surface area contributed by atoms with E-state index in [9.17, 15) is 0 Å². The first-order valence-corrected chi connectivity index (χ1v) is 7.74. The number of anilines is 1. The van der Waals surface area contributed by atoms with Crippen LogP contribution in [0.15, 0.2) is 28.7 Å². The van der Waals surface area contributed by atoms with E-state index in [-0.39, 0.29) is 11.7 Å². The number of hydrogen-bond donors (Lipinski definition) is 1. The molecule has 0 aliphatic carbocycles. The van der Waals surface area contributed by atoms with Crippen LogP contribution in [0.4, 0.5) is 5.88 Å². The Kier molecular flexibility index (Phi) is 5.81. The third-order valence-electron chi connectivity index (χ3n) is 3.35. The van der Waals surface area contributed by atoms with Crippen LogP contribution in [-0.2, 0) is 0 Å². The second kappa shape index (κ2) is 8.04. The number of nitrogens with one attached hydrogen (secondary N) is 1. The Labute approximate surface area is 136 Å². The van der Waals surface area contributed by atoms with E-state index in [0.29, 0.717) is 18.4 Å². The van der Waals surface area contributed by atoms with Crippen molar-refractivity contribution < 1.29 is 9.15 Å². The number of nitrogens with zero attached hydrogens (tertiary/aromatic N) is 2. The van der Waals surface area contributed by atoms with Gasteiger partial charge in [-0.2, -0.15) is 10.2 Å². The summed E-state index contributed by atoms with van der Waals surface area (Å²) < 4.78 is 11.0. The van der Waals surface area contributed by atoms with Crippen LogP contribution >= 0.6 is 0 Å². The van der Waals surface area contributed by atoms with Crippen LogP contribution in [-0.4, -0.2) is 17.6 Å². The van der Waals surface area contributed by atoms with Crippen molar-refractivity contribution in [3.63, 3.8) is 0 Å². The predicted molar refractivity (Wildman–Crippen MR) is 91.1 cm³/mol. The first kappa shape index (κ1) is 16.6. The summed E-state index contributed by atoms with van der Waals surface area (Å²) in [5.74, 6) is 1.67. The van der Waals surface area contributed by atoms with Crippen LogP contribution in [0.5, 0.6) is 5.75 Å². The molecule has 1 heterocycles. The molecule has 23 heavy (non-hydrogen) atoms. The molecule has 0 aliphatic heterocycles. The van der Waals surface area contributed by atoms with E-state index in [1.54, 1.807) is 6.08 Å². The topological polar surface area (TPSA) is 71.1 Å². The fourth-order valence-electron chi connectivity index (χ4n) is 1.92. The minimum absolute atomic E-state index is 0.220. The number of benzene rings is 1. The molecule has 2 rings (SSSR count). The van der Waals surface area contributed by atoms with Gasteiger partial charge in [0.25, 0.3) is 0 Å². The standard InChI is InChI=1S/C18H21N3O2/c1-4-13(3)20-18-16(12-19)21-17(23-18)11-8-14-6-9-15(10-7-14)22-5-2/h6-11,13,20H,4-5H2,1-3H3/b11-8+/t13-/m1/s1. The Hall–Kier alpha value is -2.74. The van der Waals surface area contributed by atoms with Crippen LogP contribution in [0.2, 0.25) is 0 Å². The fourth-order valence-corrected chi connectivity index (χ4v) is 1.92. The Morgan fingerprint density at radius 1 is 1.30 bits per heavy atom. The van der Waals surface area contributed by atoms with Crippen molar-refractivity contribution in [2.24, 2.45) is 0 Å². The molecular weight excluding hydrogens is 290 g/mol. The molecule has 1 aromatic heterocycles. The summed E-state index contributed by atoms with van der Waals surface area (Å²) in [6.07, 6.45) is 4.57. The molecule has 120 valence electrons. The molecule has 1 aromatic carbocycles. The Balaban J connectivity index is 2.11. The van der Waals surface area contributed by atoms with Crippen LogP contribution in [0.3, 0.4) is 0 Å². The molecule has 0 bridgehead atoms. The van der Waals surface area contributed by atoms with Crippen LogP contribution in [0.25, 0.3) is 12.2 Å². The molecule has 0 amide bonds. The van der Waals surface area contributed by atoms with Gasteiger partial charge in [0.2, 0.25) is 17.5 Å². The normalized spacial score (nSPS) is 12.1. The summed E-state index contributed by atoms with van der Waals surface area (Å²) in [6, 6.07) is 10.00. The van der Waals surface area contributed by atoms with Gasteiger partial charge in [-0.05, 0) is 44.0 Å². The minimum Gasteiger partial charge on any atom is -0.494 e. The van der Waals surface area contributed by atoms with Gasteiger partial charge in [0.1, 0.15) is 11.8 Å². The first-order valence-electron chi connectivity index (χ1n) is 7.74. The number of hydrogen-bond acceptors (Lipinski definition) is 5. The molecule has 0 radical (unpaired) electrons. The van der Waals surface area contributed by atoms with E-state index >= 15 is 0 Å². The van der Waals surface area contributed by atoms with Gasteiger partial charge in [0, 0.05) is 12.1 Å². The van der Waals surface area contributed by atoms with Crippen LogP contribution < -0.4 is 10.1 Å². The van der Waals surface area contributed by atoms with Gasteiger partial charge >= 0.3 is 0 Å². The molecule has 1 N–H and O–H groups in total. The molecule has 0 aliphatic rings. The van der Waals surface area contributed by atoms with Gasteiger partial charge in [0.15, 0.2) is 0 Å². The lowest BCUT2D eigenvalue weighted by molar-refractivity contribution is 0.340. The second-order valence-electron chi connectivity index (χ2n) is 5.13. The lowest BCUT2D eigenvalue weighted by Crippen LogP contribution is -2.13. The molecule has 0 unspecified atom stereocenters. The average molecular weight is 311 g/mol. The largest absolute Gasteiger partial charge is 0.494 e. The second-order valence-corrected chi connectivity index (χ2v) is 5.13. The summed E-state index contributed by atoms with van der Waals surface area (Å²) in [4.78, 5) is 4.18. The van der Waals surface area contributed by atoms with Crippen molar-refractivity contribution in [3.05, 3.63) is 41.4 Å². The van der Waals surface area contributed by atoms with Crippen molar-refractivity contribution in [3.8, 4) is 11.8 Å². The van der Waals surface area contributed by atoms with Gasteiger partial charge in [-0.1, -0.05) is 19.1 Å². The highest BCUT2D eigenvalue weighted by molar-refractivity contribution is 5.67. The smallest absolute Gasteiger partial charge is 0.232 e. The van der Waals surface area contributed by atoms with E-state index in [1.165, 1.54) is 0 Å². The van der Waals surface area contributed by atoms with Gasteiger partial charge < -0.3 is 14.5 Å². The molecule has 0 saturated heterocycles. The molecule has 0 spiro atoms. The van der Waals surface area contributed by atoms with Crippen molar-refractivity contribution in [2.45, 2.75) is 33.2 Å². The number of ether oxygens (including phenoxy) is 1. The summed E-state index contributed by atoms with van der Waals surface area (Å²) in [5.41, 5.74) is 1.28. The number of oxazole rings is 1. The lowest BCUT2D eigenvalue weighted by Gasteiger charge is -2.08. The molecule has 1 atom stereocenters. The predicted octanol–water partition coefficient (Wildman–Crippen LogP) is 4.33. The fraction of sp³-hybridized carbons (Fsp3) is 0.333. The molecule has 5 nitrogen and oxygen atoms in total. The molecule has 5 heteroatoms. The number of nitriles is 1. The van der Waals surface area contributed by atoms with Crippen LogP contribution in [0, 0.1) is 11.3 Å². The summed E-state index contributed by atoms with van der Waals surface area (Å²) >= 11 is 0. The van der Waals surface area contributed by atoms with E-state index < -0.39 is 0 Å². The van der Waals surface area contributed by atoms with Crippen molar-refractivity contribution >= 4 is 18.0 Å². The van der Waals surface area contributed by atoms with E-state index in [0.717, 1.165) is 17.7 Å². The Morgan fingerprint density at radius 3 is 2.65 bits per heavy atom. The maximum Gasteiger partial charge on any atom is 0.232 e. The van der Waals surface area contributed by atoms with E-state index in [2.05, 4.69) is 17.2 Å². The minimum atomic E-state index is 0.220. The monoisotopic (exact) mass is 311 g/mol. The third-order valence-corrected chi connectivity index (χ3v) is 3.35. The van der Waals surface area contributed by atoms with Gasteiger partial charge in [-0.15, -0.1) is 0 Å². The summed E-state index contributed by atoms with van der Waals surface area (Å²) in [5, 5.41) is 12.3. The van der Waals surface area contributed by atoms with Gasteiger partial charge in [0.05, 0.1) is 6.61 Å². The molecule has 0 saturated carbocycles. The Bertz CT molecular complexity index is 696. The summed E-state index contributed by atoms with van der Waals surface area (Å²) in [6.45, 7) is 6.69. The average Bonchev–Trinajstić information content (AvgIpc) is 2.96. The highest BCUT2D eigenvalue weighted by atomic mass is 16.5. The Morgan fingerprint density at radius 2 is 2.04 bits per heavy atom. The van der Waals surface area contributed by atoms with Gasteiger partial charge in [-0.3, -0.25) is 0 Å².